The smallest absolute Gasteiger partial charge is 0.127 e. The molecule has 15 heavy (non-hydrogen) atoms. The Morgan fingerprint density at radius 3 is 3.00 bits per heavy atom. The van der Waals surface area contributed by atoms with Crippen LogP contribution in [0.15, 0.2) is 40.0 Å². The van der Waals surface area contributed by atoms with E-state index in [-0.39, 0.29) is 0 Å². The van der Waals surface area contributed by atoms with Crippen molar-refractivity contribution in [3.8, 4) is 0 Å². The van der Waals surface area contributed by atoms with Crippen LogP contribution in [0.4, 0.5) is 5.82 Å². The minimum Gasteiger partial charge on any atom is -0.468 e. The minimum absolute atomic E-state index is 0.603. The first-order valence-corrected chi connectivity index (χ1v) is 5.62. The van der Waals surface area contributed by atoms with Crippen molar-refractivity contribution < 1.29 is 4.42 Å². The van der Waals surface area contributed by atoms with Crippen molar-refractivity contribution >= 4 is 17.6 Å². The molecule has 0 saturated heterocycles. The van der Waals surface area contributed by atoms with Crippen molar-refractivity contribution in [1.82, 2.24) is 4.98 Å². The quantitative estimate of drug-likeness (QED) is 0.808. The third-order valence-electron chi connectivity index (χ3n) is 2.12. The second-order valence-electron chi connectivity index (χ2n) is 3.18. The number of rotatable bonds is 3. The summed E-state index contributed by atoms with van der Waals surface area (Å²) >= 11 is 1.71. The van der Waals surface area contributed by atoms with Gasteiger partial charge < -0.3 is 10.2 Å². The highest BCUT2D eigenvalue weighted by Gasteiger charge is 2.04. The van der Waals surface area contributed by atoms with Gasteiger partial charge >= 0.3 is 0 Å². The van der Waals surface area contributed by atoms with Gasteiger partial charge in [-0.1, -0.05) is 6.07 Å². The Kier molecular flexibility index (Phi) is 2.97. The molecule has 0 aliphatic carbocycles. The first-order chi connectivity index (χ1) is 7.27. The minimum atomic E-state index is 0.603. The summed E-state index contributed by atoms with van der Waals surface area (Å²) < 4.78 is 5.22. The number of hydrogen-bond acceptors (Lipinski definition) is 4. The maximum Gasteiger partial charge on any atom is 0.127 e. The van der Waals surface area contributed by atoms with Crippen molar-refractivity contribution in [2.24, 2.45) is 0 Å². The van der Waals surface area contributed by atoms with E-state index >= 15 is 0 Å². The summed E-state index contributed by atoms with van der Waals surface area (Å²) in [5.41, 5.74) is 6.81. The van der Waals surface area contributed by atoms with Crippen molar-refractivity contribution in [2.45, 2.75) is 17.6 Å². The van der Waals surface area contributed by atoms with Crippen molar-refractivity contribution in [3.05, 3.63) is 42.0 Å². The summed E-state index contributed by atoms with van der Waals surface area (Å²) in [6, 6.07) is 5.85. The fourth-order valence-electron chi connectivity index (χ4n) is 1.25. The third-order valence-corrected chi connectivity index (χ3v) is 3.31. The molecule has 0 unspecified atom stereocenters. The number of anilines is 1. The van der Waals surface area contributed by atoms with E-state index in [1.165, 1.54) is 0 Å². The lowest BCUT2D eigenvalue weighted by molar-refractivity contribution is 0.527. The highest BCUT2D eigenvalue weighted by molar-refractivity contribution is 7.98. The van der Waals surface area contributed by atoms with Gasteiger partial charge in [-0.25, -0.2) is 4.98 Å². The van der Waals surface area contributed by atoms with Gasteiger partial charge in [0.1, 0.15) is 11.6 Å². The molecule has 78 valence electrons. The lowest BCUT2D eigenvalue weighted by atomic mass is 10.3. The van der Waals surface area contributed by atoms with Crippen LogP contribution in [0.1, 0.15) is 11.3 Å². The molecule has 0 saturated carbocycles. The SMILES string of the molecule is Cc1occc1SCc1cccnc1N. The summed E-state index contributed by atoms with van der Waals surface area (Å²) in [4.78, 5) is 5.19. The zero-order chi connectivity index (χ0) is 10.7. The number of pyridine rings is 1. The maximum absolute atomic E-state index is 5.75. The van der Waals surface area contributed by atoms with Crippen LogP contribution in [-0.4, -0.2) is 4.98 Å². The maximum atomic E-state index is 5.75. The molecule has 0 bridgehead atoms. The highest BCUT2D eigenvalue weighted by Crippen LogP contribution is 2.27. The summed E-state index contributed by atoms with van der Waals surface area (Å²) in [5.74, 6) is 2.37. The molecule has 3 nitrogen and oxygen atoms in total. The molecule has 0 radical (unpaired) electrons. The van der Waals surface area contributed by atoms with E-state index in [0.29, 0.717) is 5.82 Å². The van der Waals surface area contributed by atoms with Gasteiger partial charge in [-0.15, -0.1) is 11.8 Å². The Balaban J connectivity index is 2.06. The van der Waals surface area contributed by atoms with Crippen LogP contribution in [0.25, 0.3) is 0 Å². The number of aryl methyl sites for hydroxylation is 1. The van der Waals surface area contributed by atoms with E-state index in [2.05, 4.69) is 4.98 Å². The molecule has 0 amide bonds. The van der Waals surface area contributed by atoms with Crippen LogP contribution < -0.4 is 5.73 Å². The molecule has 2 heterocycles. The standard InChI is InChI=1S/C11H12N2OS/c1-8-10(4-6-14-8)15-7-9-3-2-5-13-11(9)12/h2-6H,7H2,1H3,(H2,12,13). The second-order valence-corrected chi connectivity index (χ2v) is 4.19. The molecule has 0 aliphatic rings. The van der Waals surface area contributed by atoms with E-state index in [4.69, 9.17) is 10.2 Å². The Bertz CT molecular complexity index is 453. The monoisotopic (exact) mass is 220 g/mol. The van der Waals surface area contributed by atoms with Crippen LogP contribution in [0.5, 0.6) is 0 Å². The molecule has 0 fully saturated rings. The second kappa shape index (κ2) is 4.40. The first kappa shape index (κ1) is 10.1. The summed E-state index contributed by atoms with van der Waals surface area (Å²) in [6.07, 6.45) is 3.40. The van der Waals surface area contributed by atoms with Crippen LogP contribution in [0.3, 0.4) is 0 Å². The topological polar surface area (TPSA) is 52.0 Å². The van der Waals surface area contributed by atoms with Gasteiger partial charge in [0.2, 0.25) is 0 Å². The molecular formula is C11H12N2OS. The third kappa shape index (κ3) is 2.33. The van der Waals surface area contributed by atoms with Gasteiger partial charge in [-0.3, -0.25) is 0 Å². The number of nitrogen functional groups attached to an aromatic ring is 1. The molecule has 2 rings (SSSR count). The molecule has 4 heteroatoms. The molecule has 0 aliphatic heterocycles. The molecule has 0 spiro atoms. The number of hydrogen-bond donors (Lipinski definition) is 1. The molecular weight excluding hydrogens is 208 g/mol. The fraction of sp³-hybridized carbons (Fsp3) is 0.182. The fourth-order valence-corrected chi connectivity index (χ4v) is 2.21. The Morgan fingerprint density at radius 1 is 1.47 bits per heavy atom. The normalized spacial score (nSPS) is 10.5. The lowest BCUT2D eigenvalue weighted by Gasteiger charge is -2.02. The molecule has 2 aromatic rings. The van der Waals surface area contributed by atoms with E-state index in [0.717, 1.165) is 22.0 Å². The summed E-state index contributed by atoms with van der Waals surface area (Å²) in [5, 5.41) is 0. The first-order valence-electron chi connectivity index (χ1n) is 4.63. The summed E-state index contributed by atoms with van der Waals surface area (Å²) in [7, 11) is 0. The highest BCUT2D eigenvalue weighted by atomic mass is 32.2. The van der Waals surface area contributed by atoms with Crippen LogP contribution in [0, 0.1) is 6.92 Å². The largest absolute Gasteiger partial charge is 0.468 e. The van der Waals surface area contributed by atoms with Gasteiger partial charge in [0.15, 0.2) is 0 Å². The molecule has 2 aromatic heterocycles. The lowest BCUT2D eigenvalue weighted by Crippen LogP contribution is -1.95. The van der Waals surface area contributed by atoms with Crippen LogP contribution >= 0.6 is 11.8 Å². The predicted octanol–water partition coefficient (Wildman–Crippen LogP) is 2.86. The van der Waals surface area contributed by atoms with Gasteiger partial charge in [-0.2, -0.15) is 0 Å². The zero-order valence-corrected chi connectivity index (χ0v) is 9.25. The van der Waals surface area contributed by atoms with Gasteiger partial charge in [0, 0.05) is 22.4 Å². The Morgan fingerprint density at radius 2 is 2.33 bits per heavy atom. The number of thioether (sulfide) groups is 1. The predicted molar refractivity (Wildman–Crippen MR) is 61.7 cm³/mol. The van der Waals surface area contributed by atoms with Gasteiger partial charge in [0.05, 0.1) is 6.26 Å². The van der Waals surface area contributed by atoms with Crippen LogP contribution in [-0.2, 0) is 5.75 Å². The average Bonchev–Trinajstić information content (AvgIpc) is 2.63. The zero-order valence-electron chi connectivity index (χ0n) is 8.43. The van der Waals surface area contributed by atoms with Crippen molar-refractivity contribution in [1.29, 1.82) is 0 Å². The molecule has 0 atom stereocenters. The number of furan rings is 1. The average molecular weight is 220 g/mol. The van der Waals surface area contributed by atoms with E-state index in [9.17, 15) is 0 Å². The Labute approximate surface area is 92.7 Å². The molecule has 2 N–H and O–H groups in total. The molecule has 0 aromatic carbocycles. The van der Waals surface area contributed by atoms with Crippen molar-refractivity contribution in [2.75, 3.05) is 5.73 Å². The van der Waals surface area contributed by atoms with Gasteiger partial charge in [0.25, 0.3) is 0 Å². The summed E-state index contributed by atoms with van der Waals surface area (Å²) in [6.45, 7) is 1.95. The van der Waals surface area contributed by atoms with Crippen LogP contribution in [0.2, 0.25) is 0 Å². The van der Waals surface area contributed by atoms with Gasteiger partial charge in [-0.05, 0) is 19.1 Å². The van der Waals surface area contributed by atoms with E-state index < -0.39 is 0 Å². The number of nitrogens with two attached hydrogens (primary N) is 1. The number of nitrogens with zero attached hydrogens (tertiary/aromatic N) is 1. The van der Waals surface area contributed by atoms with E-state index in [1.54, 1.807) is 24.2 Å². The van der Waals surface area contributed by atoms with Crippen molar-refractivity contribution in [3.63, 3.8) is 0 Å². The van der Waals surface area contributed by atoms with E-state index in [1.807, 2.05) is 25.1 Å². The Hall–Kier alpha value is -1.42. The number of aromatic nitrogens is 1.